The van der Waals surface area contributed by atoms with E-state index in [-0.39, 0.29) is 16.9 Å². The Bertz CT molecular complexity index is 539. The van der Waals surface area contributed by atoms with Crippen LogP contribution in [0.4, 0.5) is 0 Å². The smallest absolute Gasteiger partial charge is 0.233 e. The topological polar surface area (TPSA) is 64.4 Å². The van der Waals surface area contributed by atoms with E-state index in [0.717, 1.165) is 11.1 Å². The van der Waals surface area contributed by atoms with Crippen molar-refractivity contribution in [3.05, 3.63) is 35.4 Å². The van der Waals surface area contributed by atoms with Gasteiger partial charge in [0.15, 0.2) is 0 Å². The number of amides is 1. The van der Waals surface area contributed by atoms with Crippen LogP contribution in [0.1, 0.15) is 36.9 Å². The zero-order chi connectivity index (χ0) is 15.5. The maximum atomic E-state index is 12.7. The van der Waals surface area contributed by atoms with Crippen molar-refractivity contribution >= 4 is 23.1 Å². The number of nitrogens with two attached hydrogens (primary N) is 1. The molecule has 1 aliphatic rings. The van der Waals surface area contributed by atoms with E-state index in [1.54, 1.807) is 0 Å². The van der Waals surface area contributed by atoms with E-state index < -0.39 is 5.41 Å². The number of aryl methyl sites for hydroxylation is 1. The van der Waals surface area contributed by atoms with Crippen molar-refractivity contribution in [1.29, 1.82) is 0 Å². The van der Waals surface area contributed by atoms with Crippen LogP contribution in [0.25, 0.3) is 0 Å². The summed E-state index contributed by atoms with van der Waals surface area (Å²) in [5.74, 6) is -0.0888. The number of ether oxygens (including phenoxy) is 1. The number of benzene rings is 1. The molecule has 1 aromatic carbocycles. The predicted molar refractivity (Wildman–Crippen MR) is 87.0 cm³/mol. The highest BCUT2D eigenvalue weighted by molar-refractivity contribution is 7.80. The first-order valence-corrected chi connectivity index (χ1v) is 7.62. The van der Waals surface area contributed by atoms with Crippen molar-refractivity contribution in [3.8, 4) is 0 Å². The third-order valence-corrected chi connectivity index (χ3v) is 4.65. The molecule has 21 heavy (non-hydrogen) atoms. The minimum atomic E-state index is -0.773. The second-order valence-corrected chi connectivity index (χ2v) is 6.05. The lowest BCUT2D eigenvalue weighted by Gasteiger charge is -2.35. The number of rotatable bonds is 4. The summed E-state index contributed by atoms with van der Waals surface area (Å²) in [5.41, 5.74) is 7.35. The first-order chi connectivity index (χ1) is 9.97. The van der Waals surface area contributed by atoms with Crippen LogP contribution < -0.4 is 11.1 Å². The van der Waals surface area contributed by atoms with Gasteiger partial charge in [-0.15, -0.1) is 0 Å². The number of carbonyl (C=O) groups is 1. The van der Waals surface area contributed by atoms with Gasteiger partial charge < -0.3 is 15.8 Å². The molecule has 1 aromatic rings. The molecule has 4 nitrogen and oxygen atoms in total. The predicted octanol–water partition coefficient (Wildman–Crippen LogP) is 2.26. The zero-order valence-corrected chi connectivity index (χ0v) is 13.3. The quantitative estimate of drug-likeness (QED) is 0.838. The van der Waals surface area contributed by atoms with Crippen LogP contribution in [0, 0.1) is 12.3 Å². The molecule has 5 heteroatoms. The van der Waals surface area contributed by atoms with Crippen molar-refractivity contribution in [1.82, 2.24) is 5.32 Å². The van der Waals surface area contributed by atoms with Crippen LogP contribution in [0.3, 0.4) is 0 Å². The Morgan fingerprint density at radius 1 is 1.38 bits per heavy atom. The van der Waals surface area contributed by atoms with E-state index in [0.29, 0.717) is 26.1 Å². The summed E-state index contributed by atoms with van der Waals surface area (Å²) in [5, 5.41) is 3.07. The van der Waals surface area contributed by atoms with Gasteiger partial charge in [0.1, 0.15) is 5.41 Å². The Balaban J connectivity index is 2.16. The summed E-state index contributed by atoms with van der Waals surface area (Å²) in [6.07, 6.45) is 1.10. The van der Waals surface area contributed by atoms with E-state index in [2.05, 4.69) is 5.32 Å². The average Bonchev–Trinajstić information content (AvgIpc) is 2.48. The lowest BCUT2D eigenvalue weighted by Crippen LogP contribution is -2.52. The minimum absolute atomic E-state index is 0.0761. The van der Waals surface area contributed by atoms with Crippen LogP contribution in [-0.2, 0) is 9.53 Å². The zero-order valence-electron chi connectivity index (χ0n) is 12.5. The molecule has 1 amide bonds. The highest BCUT2D eigenvalue weighted by atomic mass is 32.1. The van der Waals surface area contributed by atoms with Crippen LogP contribution in [0.2, 0.25) is 0 Å². The van der Waals surface area contributed by atoms with Crippen LogP contribution in [-0.4, -0.2) is 24.1 Å². The Morgan fingerprint density at radius 3 is 2.57 bits per heavy atom. The number of thiocarbonyl (C=S) groups is 1. The molecule has 1 heterocycles. The van der Waals surface area contributed by atoms with Gasteiger partial charge in [-0.3, -0.25) is 4.79 Å². The Hall–Kier alpha value is -1.46. The minimum Gasteiger partial charge on any atom is -0.392 e. The second-order valence-electron chi connectivity index (χ2n) is 5.61. The van der Waals surface area contributed by atoms with Crippen molar-refractivity contribution in [2.24, 2.45) is 11.1 Å². The van der Waals surface area contributed by atoms with Crippen LogP contribution >= 0.6 is 12.2 Å². The number of hydrogen-bond acceptors (Lipinski definition) is 3. The van der Waals surface area contributed by atoms with Crippen molar-refractivity contribution in [3.63, 3.8) is 0 Å². The molecule has 0 saturated carbocycles. The second kappa shape index (κ2) is 6.54. The van der Waals surface area contributed by atoms with Gasteiger partial charge in [-0.05, 0) is 37.8 Å². The number of hydrogen-bond donors (Lipinski definition) is 2. The van der Waals surface area contributed by atoms with Crippen molar-refractivity contribution in [2.45, 2.75) is 32.7 Å². The fraction of sp³-hybridized carbons (Fsp3) is 0.500. The summed E-state index contributed by atoms with van der Waals surface area (Å²) in [4.78, 5) is 13.0. The summed E-state index contributed by atoms with van der Waals surface area (Å²) < 4.78 is 5.34. The lowest BCUT2D eigenvalue weighted by atomic mass is 9.79. The van der Waals surface area contributed by atoms with Gasteiger partial charge in [0, 0.05) is 13.2 Å². The number of nitrogens with one attached hydrogen (secondary N) is 1. The summed E-state index contributed by atoms with van der Waals surface area (Å²) in [6.45, 7) is 5.05. The third kappa shape index (κ3) is 3.24. The van der Waals surface area contributed by atoms with E-state index in [4.69, 9.17) is 22.7 Å². The molecule has 3 N–H and O–H groups in total. The maximum Gasteiger partial charge on any atom is 0.233 e. The highest BCUT2D eigenvalue weighted by Gasteiger charge is 2.43. The van der Waals surface area contributed by atoms with Gasteiger partial charge in [0.2, 0.25) is 5.91 Å². The molecule has 114 valence electrons. The van der Waals surface area contributed by atoms with Gasteiger partial charge >= 0.3 is 0 Å². The summed E-state index contributed by atoms with van der Waals surface area (Å²) >= 11 is 5.16. The fourth-order valence-corrected chi connectivity index (χ4v) is 3.09. The summed E-state index contributed by atoms with van der Waals surface area (Å²) in [7, 11) is 0. The highest BCUT2D eigenvalue weighted by Crippen LogP contribution is 2.32. The molecule has 1 aliphatic heterocycles. The molecule has 0 aromatic heterocycles. The van der Waals surface area contributed by atoms with Gasteiger partial charge in [-0.2, -0.15) is 0 Å². The van der Waals surface area contributed by atoms with Gasteiger partial charge in [0.05, 0.1) is 11.0 Å². The number of carbonyl (C=O) groups excluding carboxylic acids is 1. The van der Waals surface area contributed by atoms with Crippen molar-refractivity contribution < 1.29 is 9.53 Å². The SMILES string of the molecule is Cc1ccccc1C(C)NC(=O)C1(C(N)=S)CCOCC1. The molecular formula is C16H22N2O2S. The molecule has 1 saturated heterocycles. The first-order valence-electron chi connectivity index (χ1n) is 7.21. The average molecular weight is 306 g/mol. The van der Waals surface area contributed by atoms with Crippen LogP contribution in [0.15, 0.2) is 24.3 Å². The van der Waals surface area contributed by atoms with Crippen LogP contribution in [0.5, 0.6) is 0 Å². The Kier molecular flexibility index (Phi) is 4.96. The molecule has 0 radical (unpaired) electrons. The molecule has 1 fully saturated rings. The Morgan fingerprint density at radius 2 is 2.00 bits per heavy atom. The molecule has 1 atom stereocenters. The van der Waals surface area contributed by atoms with E-state index in [1.807, 2.05) is 38.1 Å². The molecule has 1 unspecified atom stereocenters. The molecule has 0 spiro atoms. The van der Waals surface area contributed by atoms with Gasteiger partial charge in [0.25, 0.3) is 0 Å². The third-order valence-electron chi connectivity index (χ3n) is 4.26. The monoisotopic (exact) mass is 306 g/mol. The first kappa shape index (κ1) is 15.9. The standard InChI is InChI=1S/C16H22N2O2S/c1-11-5-3-4-6-13(11)12(2)18-15(19)16(14(17)21)7-9-20-10-8-16/h3-6,12H,7-10H2,1-2H3,(H2,17,21)(H,18,19). The van der Waals surface area contributed by atoms with E-state index in [1.165, 1.54) is 0 Å². The molecule has 0 bridgehead atoms. The molecule has 2 rings (SSSR count). The normalized spacial score (nSPS) is 18.8. The Labute approximate surface area is 131 Å². The lowest BCUT2D eigenvalue weighted by molar-refractivity contribution is -0.132. The van der Waals surface area contributed by atoms with Gasteiger partial charge in [-0.1, -0.05) is 36.5 Å². The maximum absolute atomic E-state index is 12.7. The fourth-order valence-electron chi connectivity index (χ4n) is 2.79. The largest absolute Gasteiger partial charge is 0.392 e. The van der Waals surface area contributed by atoms with E-state index >= 15 is 0 Å². The molecule has 0 aliphatic carbocycles. The molecular weight excluding hydrogens is 284 g/mol. The summed E-state index contributed by atoms with van der Waals surface area (Å²) in [6, 6.07) is 7.95. The van der Waals surface area contributed by atoms with Gasteiger partial charge in [-0.25, -0.2) is 0 Å². The van der Waals surface area contributed by atoms with Crippen molar-refractivity contribution in [2.75, 3.05) is 13.2 Å². The van der Waals surface area contributed by atoms with E-state index in [9.17, 15) is 4.79 Å².